The average Bonchev–Trinajstić information content (AvgIpc) is 2.03. The lowest BCUT2D eigenvalue weighted by molar-refractivity contribution is -0.139. The predicted octanol–water partition coefficient (Wildman–Crippen LogP) is -1.16. The van der Waals surface area contributed by atoms with E-state index in [1.165, 1.54) is 7.05 Å². The molecular formula is C6H14N2O4. The van der Waals surface area contributed by atoms with Gasteiger partial charge in [-0.25, -0.2) is 0 Å². The Bertz CT molecular complexity index is 148. The zero-order chi connectivity index (χ0) is 10.1. The van der Waals surface area contributed by atoms with E-state index in [-0.39, 0.29) is 12.8 Å². The highest BCUT2D eigenvalue weighted by atomic mass is 16.4. The third kappa shape index (κ3) is 8.86. The second-order valence-corrected chi connectivity index (χ2v) is 1.88. The molecule has 6 N–H and O–H groups in total. The van der Waals surface area contributed by atoms with E-state index < -0.39 is 18.0 Å². The first-order valence-electron chi connectivity index (χ1n) is 3.32. The van der Waals surface area contributed by atoms with Gasteiger partial charge in [0.2, 0.25) is 0 Å². The summed E-state index contributed by atoms with van der Waals surface area (Å²) in [6.45, 7) is 0. The lowest BCUT2D eigenvalue weighted by Crippen LogP contribution is -2.30. The number of carbonyl (C=O) groups is 2. The maximum atomic E-state index is 9.99. The number of hydrogen-bond acceptors (Lipinski definition) is 4. The zero-order valence-electron chi connectivity index (χ0n) is 6.86. The number of carboxylic acid groups (broad SMARTS) is 2. The SMILES string of the molecule is CN.NC(CCC(=O)O)C(=O)O. The summed E-state index contributed by atoms with van der Waals surface area (Å²) in [5.41, 5.74) is 9.50. The van der Waals surface area contributed by atoms with Crippen molar-refractivity contribution >= 4 is 11.9 Å². The van der Waals surface area contributed by atoms with Gasteiger partial charge in [0.25, 0.3) is 0 Å². The monoisotopic (exact) mass is 178 g/mol. The molecule has 12 heavy (non-hydrogen) atoms. The Labute approximate surface area is 70.2 Å². The molecule has 0 rings (SSSR count). The molecule has 0 aromatic heterocycles. The molecular weight excluding hydrogens is 164 g/mol. The predicted molar refractivity (Wildman–Crippen MR) is 42.6 cm³/mol. The standard InChI is InChI=1S/C5H9NO4.CH5N/c6-3(5(9)10)1-2-4(7)8;1-2/h3H,1-2,6H2,(H,7,8)(H,9,10);2H2,1H3. The first-order valence-corrected chi connectivity index (χ1v) is 3.32. The molecule has 0 saturated carbocycles. The second kappa shape index (κ2) is 7.96. The summed E-state index contributed by atoms with van der Waals surface area (Å²) in [5, 5.41) is 16.3. The van der Waals surface area contributed by atoms with Crippen molar-refractivity contribution in [2.45, 2.75) is 18.9 Å². The van der Waals surface area contributed by atoms with E-state index in [2.05, 4.69) is 5.73 Å². The van der Waals surface area contributed by atoms with E-state index in [1.54, 1.807) is 0 Å². The van der Waals surface area contributed by atoms with Crippen molar-refractivity contribution in [1.29, 1.82) is 0 Å². The van der Waals surface area contributed by atoms with E-state index in [0.717, 1.165) is 0 Å². The van der Waals surface area contributed by atoms with Crippen LogP contribution in [0.25, 0.3) is 0 Å². The Hall–Kier alpha value is -1.14. The molecule has 1 atom stereocenters. The fourth-order valence-electron chi connectivity index (χ4n) is 0.402. The van der Waals surface area contributed by atoms with Gasteiger partial charge < -0.3 is 21.7 Å². The molecule has 1 unspecified atom stereocenters. The molecule has 0 heterocycles. The van der Waals surface area contributed by atoms with Crippen molar-refractivity contribution in [3.05, 3.63) is 0 Å². The summed E-state index contributed by atoms with van der Waals surface area (Å²) in [4.78, 5) is 19.9. The van der Waals surface area contributed by atoms with E-state index in [4.69, 9.17) is 15.9 Å². The van der Waals surface area contributed by atoms with Crippen LogP contribution in [0, 0.1) is 0 Å². The number of carboxylic acids is 2. The van der Waals surface area contributed by atoms with Gasteiger partial charge in [-0.3, -0.25) is 9.59 Å². The van der Waals surface area contributed by atoms with Crippen LogP contribution in [0.3, 0.4) is 0 Å². The minimum Gasteiger partial charge on any atom is -0.481 e. The number of rotatable bonds is 4. The highest BCUT2D eigenvalue weighted by Gasteiger charge is 2.12. The van der Waals surface area contributed by atoms with Crippen molar-refractivity contribution < 1.29 is 19.8 Å². The smallest absolute Gasteiger partial charge is 0.320 e. The largest absolute Gasteiger partial charge is 0.481 e. The summed E-state index contributed by atoms with van der Waals surface area (Å²) >= 11 is 0. The van der Waals surface area contributed by atoms with Crippen LogP contribution in [0.5, 0.6) is 0 Å². The van der Waals surface area contributed by atoms with Crippen LogP contribution in [0.1, 0.15) is 12.8 Å². The molecule has 0 saturated heterocycles. The van der Waals surface area contributed by atoms with Crippen LogP contribution in [0.15, 0.2) is 0 Å². The minimum absolute atomic E-state index is 0.0231. The molecule has 0 radical (unpaired) electrons. The van der Waals surface area contributed by atoms with Crippen molar-refractivity contribution in [3.63, 3.8) is 0 Å². The molecule has 0 aliphatic carbocycles. The molecule has 6 nitrogen and oxygen atoms in total. The summed E-state index contributed by atoms with van der Waals surface area (Å²) in [6, 6.07) is -1.06. The lowest BCUT2D eigenvalue weighted by Gasteiger charge is -2.01. The van der Waals surface area contributed by atoms with Gasteiger partial charge in [-0.2, -0.15) is 0 Å². The van der Waals surface area contributed by atoms with Gasteiger partial charge in [0.05, 0.1) is 0 Å². The van der Waals surface area contributed by atoms with Gasteiger partial charge in [0.15, 0.2) is 0 Å². The second-order valence-electron chi connectivity index (χ2n) is 1.88. The molecule has 0 spiro atoms. The van der Waals surface area contributed by atoms with Gasteiger partial charge in [0.1, 0.15) is 6.04 Å². The zero-order valence-corrected chi connectivity index (χ0v) is 6.86. The van der Waals surface area contributed by atoms with Crippen LogP contribution >= 0.6 is 0 Å². The highest BCUT2D eigenvalue weighted by Crippen LogP contribution is 1.93. The lowest BCUT2D eigenvalue weighted by atomic mass is 10.2. The van der Waals surface area contributed by atoms with E-state index >= 15 is 0 Å². The number of hydrogen-bond donors (Lipinski definition) is 4. The summed E-state index contributed by atoms with van der Waals surface area (Å²) in [6.07, 6.45) is -0.224. The fraction of sp³-hybridized carbons (Fsp3) is 0.667. The highest BCUT2D eigenvalue weighted by molar-refractivity contribution is 5.74. The number of nitrogens with two attached hydrogens (primary N) is 2. The molecule has 0 aliphatic rings. The molecule has 0 aliphatic heterocycles. The van der Waals surface area contributed by atoms with Crippen LogP contribution in [-0.2, 0) is 9.59 Å². The fourth-order valence-corrected chi connectivity index (χ4v) is 0.402. The molecule has 6 heteroatoms. The third-order valence-electron chi connectivity index (χ3n) is 0.986. The van der Waals surface area contributed by atoms with Crippen LogP contribution < -0.4 is 11.5 Å². The van der Waals surface area contributed by atoms with Crippen molar-refractivity contribution in [2.75, 3.05) is 7.05 Å². The van der Waals surface area contributed by atoms with E-state index in [9.17, 15) is 9.59 Å². The van der Waals surface area contributed by atoms with E-state index in [1.807, 2.05) is 0 Å². The third-order valence-corrected chi connectivity index (χ3v) is 0.986. The van der Waals surface area contributed by atoms with Crippen LogP contribution in [-0.4, -0.2) is 35.2 Å². The summed E-state index contributed by atoms with van der Waals surface area (Å²) in [5.74, 6) is -2.20. The van der Waals surface area contributed by atoms with Crippen molar-refractivity contribution in [3.8, 4) is 0 Å². The normalized spacial score (nSPS) is 10.9. The molecule has 72 valence electrons. The molecule has 0 bridgehead atoms. The minimum atomic E-state index is -1.17. The quantitative estimate of drug-likeness (QED) is 0.430. The van der Waals surface area contributed by atoms with Gasteiger partial charge in [-0.15, -0.1) is 0 Å². The van der Waals surface area contributed by atoms with E-state index in [0.29, 0.717) is 0 Å². The van der Waals surface area contributed by atoms with Gasteiger partial charge in [-0.05, 0) is 13.5 Å². The van der Waals surface area contributed by atoms with Crippen LogP contribution in [0.2, 0.25) is 0 Å². The Kier molecular flexibility index (Phi) is 8.92. The maximum Gasteiger partial charge on any atom is 0.320 e. The summed E-state index contributed by atoms with van der Waals surface area (Å²) in [7, 11) is 1.50. The molecule has 0 amide bonds. The summed E-state index contributed by atoms with van der Waals surface area (Å²) < 4.78 is 0. The van der Waals surface area contributed by atoms with Crippen molar-refractivity contribution in [1.82, 2.24) is 0 Å². The number of aliphatic carboxylic acids is 2. The Morgan fingerprint density at radius 2 is 1.75 bits per heavy atom. The van der Waals surface area contributed by atoms with Gasteiger partial charge in [-0.1, -0.05) is 0 Å². The Morgan fingerprint density at radius 1 is 1.33 bits per heavy atom. The first kappa shape index (κ1) is 13.4. The van der Waals surface area contributed by atoms with Crippen molar-refractivity contribution in [2.24, 2.45) is 11.5 Å². The average molecular weight is 178 g/mol. The molecule has 0 aromatic rings. The topological polar surface area (TPSA) is 127 Å². The Balaban J connectivity index is 0. The van der Waals surface area contributed by atoms with Gasteiger partial charge >= 0.3 is 11.9 Å². The molecule has 0 fully saturated rings. The maximum absolute atomic E-state index is 9.99. The Morgan fingerprint density at radius 3 is 2.00 bits per heavy atom. The molecule has 0 aromatic carbocycles. The first-order chi connectivity index (χ1) is 5.54. The van der Waals surface area contributed by atoms with Crippen LogP contribution in [0.4, 0.5) is 0 Å². The van der Waals surface area contributed by atoms with Gasteiger partial charge in [0, 0.05) is 6.42 Å².